The molecule has 1 saturated heterocycles. The van der Waals surface area contributed by atoms with Crippen LogP contribution in [-0.4, -0.2) is 37.1 Å². The van der Waals surface area contributed by atoms with Gasteiger partial charge in [-0.15, -0.1) is 0 Å². The summed E-state index contributed by atoms with van der Waals surface area (Å²) in [6.07, 6.45) is 8.55. The van der Waals surface area contributed by atoms with Gasteiger partial charge in [-0.1, -0.05) is 31.4 Å². The minimum absolute atomic E-state index is 0.0264. The van der Waals surface area contributed by atoms with Crippen molar-refractivity contribution >= 4 is 17.4 Å². The third-order valence-corrected chi connectivity index (χ3v) is 5.04. The Morgan fingerprint density at radius 1 is 1.09 bits per heavy atom. The van der Waals surface area contributed by atoms with Crippen molar-refractivity contribution in [3.63, 3.8) is 0 Å². The van der Waals surface area contributed by atoms with E-state index < -0.39 is 0 Å². The number of carbonyl (C=O) groups excluding carboxylic acids is 1. The Kier molecular flexibility index (Phi) is 4.86. The van der Waals surface area contributed by atoms with Gasteiger partial charge in [0.05, 0.1) is 11.4 Å². The molecule has 1 aliphatic heterocycles. The fourth-order valence-corrected chi connectivity index (χ4v) is 3.65. The molecule has 2 fully saturated rings. The number of hydrogen-bond acceptors (Lipinski definition) is 2. The van der Waals surface area contributed by atoms with E-state index in [4.69, 9.17) is 0 Å². The number of benzene rings is 1. The quantitative estimate of drug-likeness (QED) is 0.913. The van der Waals surface area contributed by atoms with Crippen LogP contribution in [0.4, 0.5) is 16.2 Å². The molecule has 1 saturated carbocycles. The number of nitrogens with one attached hydrogen (secondary N) is 1. The summed E-state index contributed by atoms with van der Waals surface area (Å²) >= 11 is 0. The van der Waals surface area contributed by atoms with Crippen molar-refractivity contribution in [3.05, 3.63) is 24.3 Å². The second-order valence-electron chi connectivity index (χ2n) is 6.54. The Morgan fingerprint density at radius 3 is 2.50 bits per heavy atom. The van der Waals surface area contributed by atoms with Gasteiger partial charge in [-0.25, -0.2) is 4.79 Å². The van der Waals surface area contributed by atoms with Crippen molar-refractivity contribution in [2.75, 3.05) is 30.4 Å². The molecule has 1 heterocycles. The number of hydrogen-bond donors (Lipinski definition) is 1. The van der Waals surface area contributed by atoms with Crippen LogP contribution in [0.1, 0.15) is 44.9 Å². The van der Waals surface area contributed by atoms with E-state index in [1.807, 2.05) is 30.1 Å². The van der Waals surface area contributed by atoms with E-state index >= 15 is 0 Å². The van der Waals surface area contributed by atoms with Crippen LogP contribution < -0.4 is 10.2 Å². The summed E-state index contributed by atoms with van der Waals surface area (Å²) in [5.74, 6) is 0. The van der Waals surface area contributed by atoms with Gasteiger partial charge in [0.2, 0.25) is 0 Å². The normalized spacial score (nSPS) is 19.2. The van der Waals surface area contributed by atoms with Crippen molar-refractivity contribution in [1.29, 1.82) is 0 Å². The minimum Gasteiger partial charge on any atom is -0.370 e. The summed E-state index contributed by atoms with van der Waals surface area (Å²) < 4.78 is 0. The van der Waals surface area contributed by atoms with E-state index in [9.17, 15) is 4.79 Å². The first-order valence-corrected chi connectivity index (χ1v) is 8.63. The zero-order valence-electron chi connectivity index (χ0n) is 13.6. The van der Waals surface area contributed by atoms with E-state index in [0.717, 1.165) is 37.3 Å². The lowest BCUT2D eigenvalue weighted by molar-refractivity contribution is 0.186. The van der Waals surface area contributed by atoms with Gasteiger partial charge in [-0.3, -0.25) is 0 Å². The largest absolute Gasteiger partial charge is 0.370 e. The van der Waals surface area contributed by atoms with Crippen LogP contribution in [0.5, 0.6) is 0 Å². The third-order valence-electron chi connectivity index (χ3n) is 5.04. The molecule has 1 aromatic rings. The first kappa shape index (κ1) is 15.2. The fourth-order valence-electron chi connectivity index (χ4n) is 3.65. The Bertz CT molecular complexity index is 505. The maximum Gasteiger partial charge on any atom is 0.321 e. The molecule has 120 valence electrons. The smallest absolute Gasteiger partial charge is 0.321 e. The molecule has 0 atom stereocenters. The molecule has 0 bridgehead atoms. The molecule has 2 amide bonds. The first-order chi connectivity index (χ1) is 10.8. The van der Waals surface area contributed by atoms with Gasteiger partial charge >= 0.3 is 6.03 Å². The van der Waals surface area contributed by atoms with Crippen LogP contribution in [0, 0.1) is 0 Å². The van der Waals surface area contributed by atoms with E-state index in [2.05, 4.69) is 16.3 Å². The molecule has 2 aliphatic rings. The van der Waals surface area contributed by atoms with E-state index in [1.165, 1.54) is 32.1 Å². The Hall–Kier alpha value is -1.71. The highest BCUT2D eigenvalue weighted by atomic mass is 16.2. The second kappa shape index (κ2) is 7.03. The maximum absolute atomic E-state index is 12.6. The zero-order chi connectivity index (χ0) is 15.4. The summed E-state index contributed by atoms with van der Waals surface area (Å²) in [6, 6.07) is 8.59. The molecule has 0 unspecified atom stereocenters. The number of urea groups is 1. The van der Waals surface area contributed by atoms with Crippen LogP contribution in [0.25, 0.3) is 0 Å². The number of nitrogens with zero attached hydrogens (tertiary/aromatic N) is 2. The maximum atomic E-state index is 12.6. The van der Waals surface area contributed by atoms with Crippen molar-refractivity contribution in [2.24, 2.45) is 0 Å². The highest BCUT2D eigenvalue weighted by Gasteiger charge is 2.23. The van der Waals surface area contributed by atoms with Crippen molar-refractivity contribution in [2.45, 2.75) is 51.0 Å². The number of para-hydroxylation sites is 2. The first-order valence-electron chi connectivity index (χ1n) is 8.63. The Morgan fingerprint density at radius 2 is 1.77 bits per heavy atom. The number of anilines is 2. The van der Waals surface area contributed by atoms with E-state index in [-0.39, 0.29) is 6.03 Å². The molecule has 1 N–H and O–H groups in total. The molecule has 3 rings (SSSR count). The van der Waals surface area contributed by atoms with Gasteiger partial charge in [0.1, 0.15) is 0 Å². The third kappa shape index (κ3) is 3.37. The van der Waals surface area contributed by atoms with Crippen molar-refractivity contribution in [1.82, 2.24) is 4.90 Å². The van der Waals surface area contributed by atoms with E-state index in [1.54, 1.807) is 0 Å². The average Bonchev–Trinajstić information content (AvgIpc) is 3.10. The topological polar surface area (TPSA) is 35.6 Å². The van der Waals surface area contributed by atoms with Crippen molar-refractivity contribution in [3.8, 4) is 0 Å². The van der Waals surface area contributed by atoms with Gasteiger partial charge in [0.25, 0.3) is 0 Å². The lowest BCUT2D eigenvalue weighted by Crippen LogP contribution is -2.41. The number of amides is 2. The Labute approximate surface area is 133 Å². The van der Waals surface area contributed by atoms with Crippen LogP contribution in [0.15, 0.2) is 24.3 Å². The van der Waals surface area contributed by atoms with Gasteiger partial charge < -0.3 is 15.1 Å². The lowest BCUT2D eigenvalue weighted by atomic mass is 9.95. The van der Waals surface area contributed by atoms with Crippen LogP contribution in [-0.2, 0) is 0 Å². The molecule has 1 aliphatic carbocycles. The highest BCUT2D eigenvalue weighted by molar-refractivity contribution is 5.93. The molecular formula is C18H27N3O. The van der Waals surface area contributed by atoms with Crippen LogP contribution in [0.3, 0.4) is 0 Å². The number of rotatable bonds is 3. The molecular weight excluding hydrogens is 274 g/mol. The summed E-state index contributed by atoms with van der Waals surface area (Å²) in [4.78, 5) is 16.8. The predicted octanol–water partition coefficient (Wildman–Crippen LogP) is 4.08. The van der Waals surface area contributed by atoms with E-state index in [0.29, 0.717) is 6.04 Å². The average molecular weight is 301 g/mol. The molecule has 4 heteroatoms. The standard InChI is InChI=1S/C18H27N3O/c1-20(15-9-3-2-4-10-15)18(22)19-16-11-5-6-12-17(16)21-13-7-8-14-21/h5-6,11-12,15H,2-4,7-10,13-14H2,1H3,(H,19,22). The van der Waals surface area contributed by atoms with Gasteiger partial charge in [-0.2, -0.15) is 0 Å². The lowest BCUT2D eigenvalue weighted by Gasteiger charge is -2.31. The zero-order valence-corrected chi connectivity index (χ0v) is 13.6. The van der Waals surface area contributed by atoms with Gasteiger partial charge in [0.15, 0.2) is 0 Å². The summed E-state index contributed by atoms with van der Waals surface area (Å²) in [5.41, 5.74) is 2.10. The van der Waals surface area contributed by atoms with Gasteiger partial charge in [0, 0.05) is 26.2 Å². The fraction of sp³-hybridized carbons (Fsp3) is 0.611. The summed E-state index contributed by atoms with van der Waals surface area (Å²) in [5, 5.41) is 3.13. The summed E-state index contributed by atoms with van der Waals surface area (Å²) in [7, 11) is 1.93. The molecule has 22 heavy (non-hydrogen) atoms. The molecule has 0 aromatic heterocycles. The molecule has 0 radical (unpaired) electrons. The second-order valence-corrected chi connectivity index (χ2v) is 6.54. The highest BCUT2D eigenvalue weighted by Crippen LogP contribution is 2.29. The van der Waals surface area contributed by atoms with Crippen LogP contribution in [0.2, 0.25) is 0 Å². The van der Waals surface area contributed by atoms with Crippen molar-refractivity contribution < 1.29 is 4.79 Å². The monoisotopic (exact) mass is 301 g/mol. The predicted molar refractivity (Wildman–Crippen MR) is 91.5 cm³/mol. The number of carbonyl (C=O) groups is 1. The van der Waals surface area contributed by atoms with Crippen LogP contribution >= 0.6 is 0 Å². The Balaban J connectivity index is 1.68. The SMILES string of the molecule is CN(C(=O)Nc1ccccc1N1CCCC1)C1CCCCC1. The molecule has 0 spiro atoms. The summed E-state index contributed by atoms with van der Waals surface area (Å²) in [6.45, 7) is 2.18. The minimum atomic E-state index is 0.0264. The molecule has 4 nitrogen and oxygen atoms in total. The van der Waals surface area contributed by atoms with Gasteiger partial charge in [-0.05, 0) is 37.8 Å². The molecule has 1 aromatic carbocycles.